The van der Waals surface area contributed by atoms with E-state index in [9.17, 15) is 9.59 Å². The molecule has 1 aliphatic heterocycles. The maximum atomic E-state index is 11.7. The van der Waals surface area contributed by atoms with Gasteiger partial charge in [0.05, 0.1) is 24.7 Å². The third-order valence-electron chi connectivity index (χ3n) is 3.36. The molecule has 118 valence electrons. The molecule has 0 aliphatic carbocycles. The van der Waals surface area contributed by atoms with Crippen molar-refractivity contribution in [2.75, 3.05) is 13.2 Å². The van der Waals surface area contributed by atoms with Gasteiger partial charge in [-0.3, -0.25) is 9.59 Å². The van der Waals surface area contributed by atoms with Crippen molar-refractivity contribution in [1.29, 1.82) is 0 Å². The number of hydrogen-bond donors (Lipinski definition) is 3. The Bertz CT molecular complexity index is 320. The molecule has 20 heavy (non-hydrogen) atoms. The van der Waals surface area contributed by atoms with Gasteiger partial charge >= 0.3 is 0 Å². The van der Waals surface area contributed by atoms with Gasteiger partial charge < -0.3 is 21.1 Å². The second kappa shape index (κ2) is 9.15. The van der Waals surface area contributed by atoms with E-state index in [2.05, 4.69) is 10.6 Å². The van der Waals surface area contributed by atoms with Gasteiger partial charge in [0.1, 0.15) is 0 Å². The molecule has 2 amide bonds. The minimum atomic E-state index is -0.580. The zero-order chi connectivity index (χ0) is 14.4. The monoisotopic (exact) mass is 307 g/mol. The fourth-order valence-electron chi connectivity index (χ4n) is 1.98. The van der Waals surface area contributed by atoms with Gasteiger partial charge in [-0.15, -0.1) is 12.4 Å². The summed E-state index contributed by atoms with van der Waals surface area (Å²) in [5.74, 6) is -0.462. The Labute approximate surface area is 126 Å². The van der Waals surface area contributed by atoms with E-state index in [1.54, 1.807) is 0 Å². The van der Waals surface area contributed by atoms with Gasteiger partial charge in [0.2, 0.25) is 11.8 Å². The Hall–Kier alpha value is -0.850. The first-order valence-electron chi connectivity index (χ1n) is 6.86. The van der Waals surface area contributed by atoms with Gasteiger partial charge in [-0.2, -0.15) is 0 Å². The molecule has 0 spiro atoms. The molecular formula is C13H26ClN3O3. The summed E-state index contributed by atoms with van der Waals surface area (Å²) in [6.45, 7) is 6.35. The van der Waals surface area contributed by atoms with E-state index in [1.807, 2.05) is 20.8 Å². The molecule has 1 fully saturated rings. The molecule has 6 nitrogen and oxygen atoms in total. The molecule has 0 radical (unpaired) electrons. The third kappa shape index (κ3) is 6.07. The Morgan fingerprint density at radius 1 is 1.35 bits per heavy atom. The average molecular weight is 308 g/mol. The second-order valence-electron chi connectivity index (χ2n) is 5.40. The first kappa shape index (κ1) is 19.1. The molecule has 0 aromatic carbocycles. The average Bonchev–Trinajstić information content (AvgIpc) is 2.88. The SMILES string of the molecule is CC(NC(=O)CNC(=O)[C@@H](N)C(C)C)C1CCCO1.Cl. The summed E-state index contributed by atoms with van der Waals surface area (Å²) in [6, 6.07) is -0.617. The van der Waals surface area contributed by atoms with E-state index in [-0.39, 0.29) is 48.8 Å². The number of carbonyl (C=O) groups is 2. The van der Waals surface area contributed by atoms with Crippen molar-refractivity contribution in [2.45, 2.75) is 51.8 Å². The fourth-order valence-corrected chi connectivity index (χ4v) is 1.98. The molecule has 0 aromatic heterocycles. The predicted molar refractivity (Wildman–Crippen MR) is 79.6 cm³/mol. The molecule has 4 N–H and O–H groups in total. The molecule has 0 bridgehead atoms. The highest BCUT2D eigenvalue weighted by atomic mass is 35.5. The van der Waals surface area contributed by atoms with E-state index in [0.717, 1.165) is 19.4 Å². The van der Waals surface area contributed by atoms with Crippen LogP contribution in [0, 0.1) is 5.92 Å². The topological polar surface area (TPSA) is 93.5 Å². The summed E-state index contributed by atoms with van der Waals surface area (Å²) >= 11 is 0. The number of nitrogens with one attached hydrogen (secondary N) is 2. The van der Waals surface area contributed by atoms with E-state index in [4.69, 9.17) is 10.5 Å². The van der Waals surface area contributed by atoms with Crippen LogP contribution in [-0.4, -0.2) is 43.2 Å². The van der Waals surface area contributed by atoms with Gasteiger partial charge in [0, 0.05) is 6.61 Å². The van der Waals surface area contributed by atoms with Gasteiger partial charge in [-0.25, -0.2) is 0 Å². The van der Waals surface area contributed by atoms with Crippen molar-refractivity contribution in [2.24, 2.45) is 11.7 Å². The van der Waals surface area contributed by atoms with Crippen LogP contribution < -0.4 is 16.4 Å². The highest BCUT2D eigenvalue weighted by Crippen LogP contribution is 2.15. The summed E-state index contributed by atoms with van der Waals surface area (Å²) in [6.07, 6.45) is 2.08. The summed E-state index contributed by atoms with van der Waals surface area (Å²) in [5, 5.41) is 5.37. The summed E-state index contributed by atoms with van der Waals surface area (Å²) in [5.41, 5.74) is 5.68. The normalized spacial score (nSPS) is 20.9. The van der Waals surface area contributed by atoms with Gasteiger partial charge in [0.15, 0.2) is 0 Å². The van der Waals surface area contributed by atoms with E-state index in [0.29, 0.717) is 0 Å². The first-order valence-corrected chi connectivity index (χ1v) is 6.86. The standard InChI is InChI=1S/C13H25N3O3.ClH/c1-8(2)12(14)13(18)15-7-11(17)16-9(3)10-5-4-6-19-10;/h8-10,12H,4-7,14H2,1-3H3,(H,15,18)(H,16,17);1H/t9?,10?,12-;/m0./s1. The lowest BCUT2D eigenvalue weighted by Crippen LogP contribution is -2.49. The second-order valence-corrected chi connectivity index (χ2v) is 5.40. The number of nitrogens with two attached hydrogens (primary N) is 1. The van der Waals surface area contributed by atoms with Crippen LogP contribution in [0.2, 0.25) is 0 Å². The van der Waals surface area contributed by atoms with Crippen LogP contribution in [0.3, 0.4) is 0 Å². The van der Waals surface area contributed by atoms with E-state index < -0.39 is 6.04 Å². The maximum Gasteiger partial charge on any atom is 0.239 e. The highest BCUT2D eigenvalue weighted by Gasteiger charge is 2.24. The van der Waals surface area contributed by atoms with Crippen molar-refractivity contribution in [3.8, 4) is 0 Å². The Balaban J connectivity index is 0.00000361. The molecule has 1 saturated heterocycles. The van der Waals surface area contributed by atoms with Crippen LogP contribution in [0.25, 0.3) is 0 Å². The number of rotatable bonds is 6. The van der Waals surface area contributed by atoms with Crippen molar-refractivity contribution in [3.63, 3.8) is 0 Å². The van der Waals surface area contributed by atoms with Crippen molar-refractivity contribution in [1.82, 2.24) is 10.6 Å². The molecule has 3 atom stereocenters. The van der Waals surface area contributed by atoms with Gasteiger partial charge in [-0.05, 0) is 25.7 Å². The number of carbonyl (C=O) groups excluding carboxylic acids is 2. The Kier molecular flexibility index (Phi) is 8.76. The van der Waals surface area contributed by atoms with Gasteiger partial charge in [0.25, 0.3) is 0 Å². The lowest BCUT2D eigenvalue weighted by molar-refractivity contribution is -0.128. The predicted octanol–water partition coefficient (Wildman–Crippen LogP) is 0.191. The number of amides is 2. The van der Waals surface area contributed by atoms with Crippen LogP contribution in [0.15, 0.2) is 0 Å². The van der Waals surface area contributed by atoms with Crippen LogP contribution in [0.5, 0.6) is 0 Å². The zero-order valence-corrected chi connectivity index (χ0v) is 13.2. The molecule has 0 aromatic rings. The quantitative estimate of drug-likeness (QED) is 0.653. The Morgan fingerprint density at radius 2 is 2.00 bits per heavy atom. The molecule has 1 aliphatic rings. The lowest BCUT2D eigenvalue weighted by Gasteiger charge is -2.20. The number of ether oxygens (including phenoxy) is 1. The summed E-state index contributed by atoms with van der Waals surface area (Å²) in [7, 11) is 0. The molecule has 1 rings (SSSR count). The Morgan fingerprint density at radius 3 is 2.50 bits per heavy atom. The third-order valence-corrected chi connectivity index (χ3v) is 3.36. The zero-order valence-electron chi connectivity index (χ0n) is 12.3. The summed E-state index contributed by atoms with van der Waals surface area (Å²) in [4.78, 5) is 23.3. The minimum Gasteiger partial charge on any atom is -0.376 e. The highest BCUT2D eigenvalue weighted by molar-refractivity contribution is 5.87. The van der Waals surface area contributed by atoms with Crippen molar-refractivity contribution in [3.05, 3.63) is 0 Å². The minimum absolute atomic E-state index is 0. The molecule has 1 heterocycles. The summed E-state index contributed by atoms with van der Waals surface area (Å²) < 4.78 is 5.49. The molecular weight excluding hydrogens is 282 g/mol. The lowest BCUT2D eigenvalue weighted by atomic mass is 10.1. The molecule has 0 saturated carbocycles. The van der Waals surface area contributed by atoms with Crippen LogP contribution >= 0.6 is 12.4 Å². The maximum absolute atomic E-state index is 11.7. The smallest absolute Gasteiger partial charge is 0.239 e. The largest absolute Gasteiger partial charge is 0.376 e. The molecule has 7 heteroatoms. The van der Waals surface area contributed by atoms with Crippen LogP contribution in [-0.2, 0) is 14.3 Å². The van der Waals surface area contributed by atoms with Gasteiger partial charge in [-0.1, -0.05) is 13.8 Å². The molecule has 2 unspecified atom stereocenters. The van der Waals surface area contributed by atoms with E-state index >= 15 is 0 Å². The number of halogens is 1. The van der Waals surface area contributed by atoms with Crippen LogP contribution in [0.1, 0.15) is 33.6 Å². The van der Waals surface area contributed by atoms with E-state index in [1.165, 1.54) is 0 Å². The van der Waals surface area contributed by atoms with Crippen molar-refractivity contribution >= 4 is 24.2 Å². The van der Waals surface area contributed by atoms with Crippen molar-refractivity contribution < 1.29 is 14.3 Å². The van der Waals surface area contributed by atoms with Crippen LogP contribution in [0.4, 0.5) is 0 Å². The first-order chi connectivity index (χ1) is 8.91. The fraction of sp³-hybridized carbons (Fsp3) is 0.846. The number of hydrogen-bond acceptors (Lipinski definition) is 4.